The molecule has 0 atom stereocenters. The van der Waals surface area contributed by atoms with Gasteiger partial charge in [0.05, 0.1) is 17.2 Å². The third kappa shape index (κ3) is 3.59. The number of aromatic nitrogens is 2. The molecule has 0 unspecified atom stereocenters. The molecule has 0 bridgehead atoms. The molecule has 0 aliphatic heterocycles. The van der Waals surface area contributed by atoms with Crippen LogP contribution >= 0.6 is 0 Å². The Labute approximate surface area is 134 Å². The zero-order valence-electron chi connectivity index (χ0n) is 13.1. The van der Waals surface area contributed by atoms with E-state index in [9.17, 15) is 9.59 Å². The Hall–Kier alpha value is -2.21. The number of para-hydroxylation sites is 1. The van der Waals surface area contributed by atoms with Crippen LogP contribution in [0.3, 0.4) is 0 Å². The summed E-state index contributed by atoms with van der Waals surface area (Å²) in [7, 11) is 0. The number of nitrogens with zero attached hydrogens (tertiary/aromatic N) is 2. The zero-order valence-corrected chi connectivity index (χ0v) is 13.1. The summed E-state index contributed by atoms with van der Waals surface area (Å²) >= 11 is 0. The fourth-order valence-electron chi connectivity index (χ4n) is 3.14. The number of carbonyl (C=O) groups is 1. The van der Waals surface area contributed by atoms with Crippen LogP contribution in [0.4, 0.5) is 0 Å². The van der Waals surface area contributed by atoms with Crippen LogP contribution in [0.5, 0.6) is 0 Å². The summed E-state index contributed by atoms with van der Waals surface area (Å²) in [5, 5.41) is 3.38. The van der Waals surface area contributed by atoms with E-state index in [1.54, 1.807) is 18.2 Å². The van der Waals surface area contributed by atoms with Gasteiger partial charge in [0.1, 0.15) is 6.54 Å². The van der Waals surface area contributed by atoms with Gasteiger partial charge < -0.3 is 11.1 Å². The number of rotatable bonds is 4. The van der Waals surface area contributed by atoms with Crippen LogP contribution in [0.2, 0.25) is 0 Å². The molecule has 1 amide bonds. The molecule has 1 heterocycles. The minimum atomic E-state index is -0.305. The average Bonchev–Trinajstić information content (AvgIpc) is 2.57. The van der Waals surface area contributed by atoms with E-state index < -0.39 is 0 Å². The smallest absolute Gasteiger partial charge is 0.261 e. The quantitative estimate of drug-likeness (QED) is 0.886. The number of benzene rings is 1. The van der Waals surface area contributed by atoms with E-state index in [-0.39, 0.29) is 23.6 Å². The number of fused-ring (bicyclic) bond motifs is 1. The lowest BCUT2D eigenvalue weighted by Gasteiger charge is -2.33. The summed E-state index contributed by atoms with van der Waals surface area (Å²) in [5.74, 6) is -0.209. The monoisotopic (exact) mass is 314 g/mol. The summed E-state index contributed by atoms with van der Waals surface area (Å²) < 4.78 is 1.34. The number of hydrogen-bond acceptors (Lipinski definition) is 4. The maximum Gasteiger partial charge on any atom is 0.261 e. The first kappa shape index (κ1) is 15.7. The van der Waals surface area contributed by atoms with Crippen molar-refractivity contribution in [3.8, 4) is 0 Å². The van der Waals surface area contributed by atoms with Crippen LogP contribution in [0.15, 0.2) is 35.4 Å². The molecule has 3 N–H and O–H groups in total. The Kier molecular flexibility index (Phi) is 4.43. The number of carbonyl (C=O) groups excluding carboxylic acids is 1. The first-order valence-corrected chi connectivity index (χ1v) is 8.07. The first-order valence-electron chi connectivity index (χ1n) is 8.07. The van der Waals surface area contributed by atoms with E-state index in [0.29, 0.717) is 17.4 Å². The molecule has 1 aromatic carbocycles. The zero-order chi connectivity index (χ0) is 16.3. The third-order valence-corrected chi connectivity index (χ3v) is 4.53. The highest BCUT2D eigenvalue weighted by molar-refractivity contribution is 5.78. The lowest BCUT2D eigenvalue weighted by atomic mass is 9.82. The molecule has 0 radical (unpaired) electrons. The Balaban J connectivity index is 1.66. The van der Waals surface area contributed by atoms with Gasteiger partial charge in [-0.25, -0.2) is 4.98 Å². The Morgan fingerprint density at radius 1 is 1.26 bits per heavy atom. The van der Waals surface area contributed by atoms with E-state index in [4.69, 9.17) is 5.73 Å². The highest BCUT2D eigenvalue weighted by atomic mass is 16.2. The molecule has 1 saturated carbocycles. The van der Waals surface area contributed by atoms with Gasteiger partial charge in [0.25, 0.3) is 5.56 Å². The molecule has 6 heteroatoms. The van der Waals surface area contributed by atoms with Crippen molar-refractivity contribution < 1.29 is 4.79 Å². The average molecular weight is 314 g/mol. The maximum atomic E-state index is 12.4. The highest BCUT2D eigenvalue weighted by Gasteiger charge is 2.27. The topological polar surface area (TPSA) is 90.0 Å². The molecule has 1 aliphatic rings. The molecular weight excluding hydrogens is 292 g/mol. The lowest BCUT2D eigenvalue weighted by Crippen LogP contribution is -2.51. The molecule has 23 heavy (non-hydrogen) atoms. The van der Waals surface area contributed by atoms with E-state index in [0.717, 1.165) is 25.7 Å². The number of hydrogen-bond donors (Lipinski definition) is 2. The summed E-state index contributed by atoms with van der Waals surface area (Å²) in [6.07, 6.45) is 6.73. The van der Waals surface area contributed by atoms with Crippen molar-refractivity contribution in [3.63, 3.8) is 0 Å². The van der Waals surface area contributed by atoms with Gasteiger partial charge in [-0.05, 0) is 25.0 Å². The molecule has 122 valence electrons. The Morgan fingerprint density at radius 3 is 2.78 bits per heavy atom. The molecular formula is C17H22N4O2. The normalized spacial score (nSPS) is 17.1. The second kappa shape index (κ2) is 6.50. The van der Waals surface area contributed by atoms with Gasteiger partial charge >= 0.3 is 0 Å². The van der Waals surface area contributed by atoms with Crippen molar-refractivity contribution in [1.29, 1.82) is 0 Å². The molecule has 1 fully saturated rings. The SMILES string of the molecule is NC1(CNC(=O)Cn2cnc3ccccc3c2=O)CCCCC1. The fraction of sp³-hybridized carbons (Fsp3) is 0.471. The predicted molar refractivity (Wildman–Crippen MR) is 89.0 cm³/mol. The first-order chi connectivity index (χ1) is 11.1. The fourth-order valence-corrected chi connectivity index (χ4v) is 3.14. The van der Waals surface area contributed by atoms with Gasteiger partial charge in [-0.1, -0.05) is 31.4 Å². The number of nitrogens with one attached hydrogen (secondary N) is 1. The van der Waals surface area contributed by atoms with Gasteiger partial charge in [-0.2, -0.15) is 0 Å². The van der Waals surface area contributed by atoms with E-state index in [1.165, 1.54) is 17.3 Å². The van der Waals surface area contributed by atoms with Gasteiger partial charge in [0.15, 0.2) is 0 Å². The third-order valence-electron chi connectivity index (χ3n) is 4.53. The summed E-state index contributed by atoms with van der Waals surface area (Å²) in [6, 6.07) is 7.12. The van der Waals surface area contributed by atoms with Crippen LogP contribution in [0, 0.1) is 0 Å². The Bertz CT molecular complexity index is 763. The van der Waals surface area contributed by atoms with Crippen molar-refractivity contribution in [1.82, 2.24) is 14.9 Å². The molecule has 6 nitrogen and oxygen atoms in total. The van der Waals surface area contributed by atoms with Gasteiger partial charge in [-0.15, -0.1) is 0 Å². The minimum Gasteiger partial charge on any atom is -0.353 e. The van der Waals surface area contributed by atoms with Crippen molar-refractivity contribution in [2.45, 2.75) is 44.2 Å². The number of nitrogens with two attached hydrogens (primary N) is 1. The summed E-state index contributed by atoms with van der Waals surface area (Å²) in [6.45, 7) is 0.425. The van der Waals surface area contributed by atoms with Gasteiger partial charge in [0.2, 0.25) is 5.91 Å². The van der Waals surface area contributed by atoms with Crippen LogP contribution in [-0.4, -0.2) is 27.5 Å². The molecule has 0 saturated heterocycles. The largest absolute Gasteiger partial charge is 0.353 e. The second-order valence-corrected chi connectivity index (χ2v) is 6.39. The standard InChI is InChI=1S/C17H22N4O2/c18-17(8-4-1-5-9-17)11-19-15(22)10-21-12-20-14-7-3-2-6-13(14)16(21)23/h2-3,6-7,12H,1,4-5,8-11,18H2,(H,19,22). The summed E-state index contributed by atoms with van der Waals surface area (Å²) in [5.41, 5.74) is 6.44. The van der Waals surface area contributed by atoms with E-state index in [1.807, 2.05) is 6.07 Å². The van der Waals surface area contributed by atoms with Crippen LogP contribution in [0.25, 0.3) is 10.9 Å². The molecule has 3 rings (SSSR count). The predicted octanol–water partition coefficient (Wildman–Crippen LogP) is 1.17. The van der Waals surface area contributed by atoms with Crippen LogP contribution in [-0.2, 0) is 11.3 Å². The Morgan fingerprint density at radius 2 is 2.00 bits per heavy atom. The van der Waals surface area contributed by atoms with Crippen LogP contribution < -0.4 is 16.6 Å². The summed E-state index contributed by atoms with van der Waals surface area (Å²) in [4.78, 5) is 28.7. The molecule has 1 aliphatic carbocycles. The molecule has 0 spiro atoms. The maximum absolute atomic E-state index is 12.4. The van der Waals surface area contributed by atoms with Gasteiger partial charge in [-0.3, -0.25) is 14.2 Å². The van der Waals surface area contributed by atoms with Crippen molar-refractivity contribution in [3.05, 3.63) is 40.9 Å². The van der Waals surface area contributed by atoms with E-state index in [2.05, 4.69) is 10.3 Å². The van der Waals surface area contributed by atoms with Crippen molar-refractivity contribution in [2.75, 3.05) is 6.54 Å². The second-order valence-electron chi connectivity index (χ2n) is 6.39. The number of amides is 1. The molecule has 1 aromatic heterocycles. The lowest BCUT2D eigenvalue weighted by molar-refractivity contribution is -0.122. The van der Waals surface area contributed by atoms with Crippen molar-refractivity contribution in [2.24, 2.45) is 5.73 Å². The van der Waals surface area contributed by atoms with Crippen molar-refractivity contribution >= 4 is 16.8 Å². The van der Waals surface area contributed by atoms with Crippen LogP contribution in [0.1, 0.15) is 32.1 Å². The minimum absolute atomic E-state index is 0.0350. The van der Waals surface area contributed by atoms with E-state index >= 15 is 0 Å². The molecule has 2 aromatic rings. The highest BCUT2D eigenvalue weighted by Crippen LogP contribution is 2.25. The van der Waals surface area contributed by atoms with Gasteiger partial charge in [0, 0.05) is 12.1 Å².